The van der Waals surface area contributed by atoms with Crippen LogP contribution in [0.5, 0.6) is 23.1 Å². The molecule has 0 unspecified atom stereocenters. The Labute approximate surface area is 235 Å². The summed E-state index contributed by atoms with van der Waals surface area (Å²) in [7, 11) is 1.73. The molecule has 2 heterocycles. The van der Waals surface area contributed by atoms with Crippen molar-refractivity contribution in [1.29, 1.82) is 0 Å². The first kappa shape index (κ1) is 25.8. The molecule has 6 rings (SSSR count). The molecule has 0 amide bonds. The monoisotopic (exact) mass is 546 g/mol. The summed E-state index contributed by atoms with van der Waals surface area (Å²) in [6.07, 6.45) is 4.86. The number of nitrogens with zero attached hydrogens (tertiary/aromatic N) is 4. The van der Waals surface area contributed by atoms with Crippen molar-refractivity contribution in [2.24, 2.45) is 7.05 Å². The SMILES string of the molecule is Cn1ccnc1-c1cc(Oc2cc(Oc3ccccn3)cc(N(c3ccccc3)c3ccccc3)c2)c(F)cc1F. The third kappa shape index (κ3) is 5.62. The van der Waals surface area contributed by atoms with Crippen molar-refractivity contribution in [2.45, 2.75) is 0 Å². The van der Waals surface area contributed by atoms with Gasteiger partial charge in [-0.3, -0.25) is 0 Å². The Morgan fingerprint density at radius 3 is 1.90 bits per heavy atom. The van der Waals surface area contributed by atoms with Crippen LogP contribution in [0.2, 0.25) is 0 Å². The van der Waals surface area contributed by atoms with Gasteiger partial charge in [-0.05, 0) is 36.4 Å². The Balaban J connectivity index is 1.47. The minimum absolute atomic E-state index is 0.116. The summed E-state index contributed by atoms with van der Waals surface area (Å²) in [6.45, 7) is 0. The van der Waals surface area contributed by atoms with E-state index in [0.717, 1.165) is 17.4 Å². The van der Waals surface area contributed by atoms with Crippen molar-refractivity contribution in [1.82, 2.24) is 14.5 Å². The smallest absolute Gasteiger partial charge is 0.219 e. The number of hydrogen-bond acceptors (Lipinski definition) is 5. The van der Waals surface area contributed by atoms with Gasteiger partial charge in [0, 0.05) is 67.3 Å². The van der Waals surface area contributed by atoms with E-state index in [4.69, 9.17) is 9.47 Å². The van der Waals surface area contributed by atoms with Gasteiger partial charge in [0.25, 0.3) is 0 Å². The predicted octanol–water partition coefficient (Wildman–Crippen LogP) is 8.81. The topological polar surface area (TPSA) is 52.4 Å². The molecule has 41 heavy (non-hydrogen) atoms. The van der Waals surface area contributed by atoms with Crippen molar-refractivity contribution in [3.05, 3.63) is 139 Å². The van der Waals surface area contributed by atoms with Gasteiger partial charge in [0.1, 0.15) is 23.1 Å². The molecule has 6 nitrogen and oxygen atoms in total. The van der Waals surface area contributed by atoms with Gasteiger partial charge >= 0.3 is 0 Å². The fourth-order valence-corrected chi connectivity index (χ4v) is 4.46. The van der Waals surface area contributed by atoms with E-state index in [2.05, 4.69) is 9.97 Å². The molecule has 0 aliphatic heterocycles. The fourth-order valence-electron chi connectivity index (χ4n) is 4.46. The molecule has 0 saturated heterocycles. The Morgan fingerprint density at radius 2 is 1.29 bits per heavy atom. The summed E-state index contributed by atoms with van der Waals surface area (Å²) < 4.78 is 43.6. The molecule has 202 valence electrons. The van der Waals surface area contributed by atoms with Crippen molar-refractivity contribution in [3.63, 3.8) is 0 Å². The number of hydrogen-bond donors (Lipinski definition) is 0. The van der Waals surface area contributed by atoms with Gasteiger partial charge in [0.2, 0.25) is 5.88 Å². The summed E-state index contributed by atoms with van der Waals surface area (Å²) >= 11 is 0. The molecule has 4 aromatic carbocycles. The number of benzene rings is 4. The Bertz CT molecular complexity index is 1740. The molecule has 6 aromatic rings. The maximum atomic E-state index is 15.1. The highest BCUT2D eigenvalue weighted by Gasteiger charge is 2.19. The van der Waals surface area contributed by atoms with Crippen LogP contribution in [0.1, 0.15) is 0 Å². The van der Waals surface area contributed by atoms with Crippen LogP contribution in [-0.4, -0.2) is 14.5 Å². The minimum atomic E-state index is -0.846. The summed E-state index contributed by atoms with van der Waals surface area (Å²) in [6, 6.07) is 32.3. The lowest BCUT2D eigenvalue weighted by molar-refractivity contribution is 0.428. The number of anilines is 3. The average molecular weight is 547 g/mol. The van der Waals surface area contributed by atoms with Crippen LogP contribution >= 0.6 is 0 Å². The highest BCUT2D eigenvalue weighted by molar-refractivity contribution is 5.78. The van der Waals surface area contributed by atoms with Crippen LogP contribution in [0.15, 0.2) is 128 Å². The van der Waals surface area contributed by atoms with Crippen LogP contribution in [0.25, 0.3) is 11.4 Å². The number of ether oxygens (including phenoxy) is 2. The molecule has 0 atom stereocenters. The van der Waals surface area contributed by atoms with Crippen LogP contribution in [-0.2, 0) is 7.05 Å². The quantitative estimate of drug-likeness (QED) is 0.191. The van der Waals surface area contributed by atoms with Crippen LogP contribution in [0, 0.1) is 11.6 Å². The molecule has 0 aliphatic carbocycles. The molecule has 0 fully saturated rings. The first-order valence-corrected chi connectivity index (χ1v) is 12.8. The van der Waals surface area contributed by atoms with Crippen molar-refractivity contribution in [2.75, 3.05) is 4.90 Å². The number of para-hydroxylation sites is 2. The third-order valence-electron chi connectivity index (χ3n) is 6.32. The van der Waals surface area contributed by atoms with Gasteiger partial charge in [-0.2, -0.15) is 0 Å². The molecular formula is C33H24F2N4O2. The van der Waals surface area contributed by atoms with E-state index in [1.165, 1.54) is 6.07 Å². The first-order chi connectivity index (χ1) is 20.0. The lowest BCUT2D eigenvalue weighted by Crippen LogP contribution is -2.10. The van der Waals surface area contributed by atoms with Crippen LogP contribution in [0.4, 0.5) is 25.8 Å². The zero-order valence-electron chi connectivity index (χ0n) is 22.0. The number of imidazole rings is 1. The van der Waals surface area contributed by atoms with Gasteiger partial charge in [-0.15, -0.1) is 0 Å². The third-order valence-corrected chi connectivity index (χ3v) is 6.32. The van der Waals surface area contributed by atoms with Crippen LogP contribution in [0.3, 0.4) is 0 Å². The van der Waals surface area contributed by atoms with Gasteiger partial charge in [-0.1, -0.05) is 42.5 Å². The number of pyridine rings is 1. The predicted molar refractivity (Wildman–Crippen MR) is 154 cm³/mol. The highest BCUT2D eigenvalue weighted by atomic mass is 19.1. The number of halogens is 2. The normalized spacial score (nSPS) is 10.8. The van der Waals surface area contributed by atoms with E-state index >= 15 is 4.39 Å². The Hall–Kier alpha value is -5.50. The van der Waals surface area contributed by atoms with Gasteiger partial charge in [0.15, 0.2) is 11.6 Å². The number of aromatic nitrogens is 3. The lowest BCUT2D eigenvalue weighted by atomic mass is 10.1. The molecule has 8 heteroatoms. The largest absolute Gasteiger partial charge is 0.454 e. The van der Waals surface area contributed by atoms with E-state index < -0.39 is 11.6 Å². The van der Waals surface area contributed by atoms with Crippen molar-refractivity contribution in [3.8, 4) is 34.5 Å². The maximum absolute atomic E-state index is 15.1. The van der Waals surface area contributed by atoms with E-state index in [0.29, 0.717) is 23.1 Å². The highest BCUT2D eigenvalue weighted by Crippen LogP contribution is 2.41. The van der Waals surface area contributed by atoms with E-state index in [1.807, 2.05) is 77.7 Å². The molecular weight excluding hydrogens is 522 g/mol. The summed E-state index contributed by atoms with van der Waals surface area (Å²) in [4.78, 5) is 10.5. The van der Waals surface area contributed by atoms with Crippen molar-refractivity contribution >= 4 is 17.1 Å². The second kappa shape index (κ2) is 11.3. The standard InChI is InChI=1S/C33H24F2N4O2/c1-38-17-16-37-33(38)28-21-31(30(35)22-29(28)34)40-26-18-25(19-27(20-26)41-32-14-8-9-15-36-32)39(23-10-4-2-5-11-23)24-12-6-3-7-13-24/h2-22H,1H3. The minimum Gasteiger partial charge on any atom is -0.454 e. The fraction of sp³-hybridized carbons (Fsp3) is 0.0303. The van der Waals surface area contributed by atoms with Gasteiger partial charge < -0.3 is 18.9 Å². The second-order valence-corrected chi connectivity index (χ2v) is 9.17. The molecule has 0 bridgehead atoms. The van der Waals surface area contributed by atoms with Crippen LogP contribution < -0.4 is 14.4 Å². The summed E-state index contributed by atoms with van der Waals surface area (Å²) in [5, 5.41) is 0. The Kier molecular flexibility index (Phi) is 7.11. The maximum Gasteiger partial charge on any atom is 0.219 e. The number of rotatable bonds is 8. The van der Waals surface area contributed by atoms with Gasteiger partial charge in [-0.25, -0.2) is 18.7 Å². The molecule has 0 spiro atoms. The van der Waals surface area contributed by atoms with E-state index in [1.54, 1.807) is 54.5 Å². The van der Waals surface area contributed by atoms with Crippen molar-refractivity contribution < 1.29 is 18.3 Å². The zero-order valence-corrected chi connectivity index (χ0v) is 22.0. The Morgan fingerprint density at radius 1 is 0.634 bits per heavy atom. The second-order valence-electron chi connectivity index (χ2n) is 9.17. The summed E-state index contributed by atoms with van der Waals surface area (Å²) in [5.74, 6) is -0.318. The molecule has 2 aromatic heterocycles. The van der Waals surface area contributed by atoms with Gasteiger partial charge in [0.05, 0.1) is 11.3 Å². The summed E-state index contributed by atoms with van der Waals surface area (Å²) in [5.41, 5.74) is 2.59. The zero-order chi connectivity index (χ0) is 28.2. The lowest BCUT2D eigenvalue weighted by Gasteiger charge is -2.26. The van der Waals surface area contributed by atoms with E-state index in [9.17, 15) is 4.39 Å². The molecule has 0 saturated carbocycles. The molecule has 0 N–H and O–H groups in total. The molecule has 0 aliphatic rings. The van der Waals surface area contributed by atoms with E-state index in [-0.39, 0.29) is 17.1 Å². The average Bonchev–Trinajstić information content (AvgIpc) is 3.41. The number of aryl methyl sites for hydroxylation is 1. The first-order valence-electron chi connectivity index (χ1n) is 12.8. The molecule has 0 radical (unpaired) electrons.